The summed E-state index contributed by atoms with van der Waals surface area (Å²) in [6, 6.07) is 13.3. The molecule has 0 aliphatic carbocycles. The minimum atomic E-state index is -4.89. The van der Waals surface area contributed by atoms with Crippen LogP contribution < -0.4 is 5.32 Å². The molecule has 7 nitrogen and oxygen atoms in total. The fraction of sp³-hybridized carbons (Fsp3) is 0.0952. The number of carbonyl (C=O) groups is 1. The smallest absolute Gasteiger partial charge is 0.338 e. The molecule has 0 aliphatic rings. The Bertz CT molecular complexity index is 1190. The van der Waals surface area contributed by atoms with Crippen molar-refractivity contribution in [3.8, 4) is 5.82 Å². The lowest BCUT2D eigenvalue weighted by atomic mass is 10.1. The van der Waals surface area contributed by atoms with Gasteiger partial charge in [-0.15, -0.1) is 0 Å². The number of rotatable bonds is 5. The van der Waals surface area contributed by atoms with Crippen LogP contribution in [0, 0.1) is 0 Å². The van der Waals surface area contributed by atoms with Gasteiger partial charge in [-0.05, 0) is 36.4 Å². The lowest BCUT2D eigenvalue weighted by Crippen LogP contribution is -2.32. The molecule has 1 amide bonds. The predicted octanol–water partition coefficient (Wildman–Crippen LogP) is 4.25. The molecular weight excluding hydrogens is 445 g/mol. The van der Waals surface area contributed by atoms with Gasteiger partial charge in [0.1, 0.15) is 11.2 Å². The SMILES string of the molecule is O=C(NC(c1ccccn1)c1ccccn1)c1cnn(-c2cccc(Cl)n2)c1C(F)(F)F. The Labute approximate surface area is 184 Å². The van der Waals surface area contributed by atoms with Gasteiger partial charge in [-0.25, -0.2) is 9.67 Å². The topological polar surface area (TPSA) is 85.6 Å². The Morgan fingerprint density at radius 1 is 0.969 bits per heavy atom. The van der Waals surface area contributed by atoms with Crippen LogP contribution in [0.3, 0.4) is 0 Å². The van der Waals surface area contributed by atoms with Gasteiger partial charge in [0.05, 0.1) is 23.1 Å². The Hall–Kier alpha value is -3.79. The summed E-state index contributed by atoms with van der Waals surface area (Å²) in [5.41, 5.74) is -1.12. The molecule has 4 aromatic rings. The molecule has 0 bridgehead atoms. The summed E-state index contributed by atoms with van der Waals surface area (Å²) in [6.07, 6.45) is -1.02. The molecule has 32 heavy (non-hydrogen) atoms. The highest BCUT2D eigenvalue weighted by Crippen LogP contribution is 2.34. The lowest BCUT2D eigenvalue weighted by molar-refractivity contribution is -0.143. The van der Waals surface area contributed by atoms with Crippen LogP contribution >= 0.6 is 11.6 Å². The van der Waals surface area contributed by atoms with Crippen LogP contribution in [0.2, 0.25) is 5.15 Å². The van der Waals surface area contributed by atoms with E-state index in [0.717, 1.165) is 6.20 Å². The summed E-state index contributed by atoms with van der Waals surface area (Å²) in [6.45, 7) is 0. The minimum absolute atomic E-state index is 0.0116. The van der Waals surface area contributed by atoms with Gasteiger partial charge >= 0.3 is 6.18 Å². The molecule has 0 atom stereocenters. The van der Waals surface area contributed by atoms with E-state index in [9.17, 15) is 18.0 Å². The van der Waals surface area contributed by atoms with Crippen molar-refractivity contribution in [2.24, 2.45) is 0 Å². The maximum absolute atomic E-state index is 13.9. The van der Waals surface area contributed by atoms with Gasteiger partial charge < -0.3 is 5.32 Å². The largest absolute Gasteiger partial charge is 0.434 e. The zero-order valence-electron chi connectivity index (χ0n) is 16.2. The number of hydrogen-bond acceptors (Lipinski definition) is 5. The number of hydrogen-bond donors (Lipinski definition) is 1. The molecule has 0 unspecified atom stereocenters. The molecule has 11 heteroatoms. The second kappa shape index (κ2) is 8.75. The average molecular weight is 459 g/mol. The lowest BCUT2D eigenvalue weighted by Gasteiger charge is -2.18. The first-order chi connectivity index (χ1) is 15.3. The van der Waals surface area contributed by atoms with Gasteiger partial charge in [-0.1, -0.05) is 29.8 Å². The monoisotopic (exact) mass is 458 g/mol. The van der Waals surface area contributed by atoms with E-state index in [4.69, 9.17) is 11.6 Å². The summed E-state index contributed by atoms with van der Waals surface area (Å²) >= 11 is 5.81. The van der Waals surface area contributed by atoms with Gasteiger partial charge in [0.15, 0.2) is 11.5 Å². The van der Waals surface area contributed by atoms with Crippen LogP contribution in [0.4, 0.5) is 13.2 Å². The van der Waals surface area contributed by atoms with Crippen molar-refractivity contribution in [1.29, 1.82) is 0 Å². The van der Waals surface area contributed by atoms with E-state index in [1.807, 2.05) is 0 Å². The molecule has 0 spiro atoms. The zero-order valence-corrected chi connectivity index (χ0v) is 16.9. The molecule has 0 fully saturated rings. The van der Waals surface area contributed by atoms with E-state index in [1.165, 1.54) is 30.6 Å². The van der Waals surface area contributed by atoms with Crippen LogP contribution in [0.1, 0.15) is 33.5 Å². The third-order valence-electron chi connectivity index (χ3n) is 4.44. The maximum Gasteiger partial charge on any atom is 0.434 e. The molecular formula is C21H14ClF3N6O. The summed E-state index contributed by atoms with van der Waals surface area (Å²) in [4.78, 5) is 25.3. The van der Waals surface area contributed by atoms with Crippen molar-refractivity contribution in [2.75, 3.05) is 0 Å². The number of aromatic nitrogens is 5. The predicted molar refractivity (Wildman–Crippen MR) is 109 cm³/mol. The summed E-state index contributed by atoms with van der Waals surface area (Å²) in [7, 11) is 0. The van der Waals surface area contributed by atoms with Gasteiger partial charge in [-0.2, -0.15) is 18.3 Å². The number of nitrogens with one attached hydrogen (secondary N) is 1. The van der Waals surface area contributed by atoms with E-state index in [1.54, 1.807) is 36.4 Å². The van der Waals surface area contributed by atoms with E-state index < -0.39 is 29.4 Å². The molecule has 0 aliphatic heterocycles. The van der Waals surface area contributed by atoms with E-state index in [0.29, 0.717) is 16.1 Å². The number of amides is 1. The van der Waals surface area contributed by atoms with Gasteiger partial charge in [0, 0.05) is 12.4 Å². The van der Waals surface area contributed by atoms with E-state index >= 15 is 0 Å². The number of carbonyl (C=O) groups excluding carboxylic acids is 1. The highest BCUT2D eigenvalue weighted by atomic mass is 35.5. The van der Waals surface area contributed by atoms with Crippen molar-refractivity contribution >= 4 is 17.5 Å². The van der Waals surface area contributed by atoms with Gasteiger partial charge in [-0.3, -0.25) is 14.8 Å². The fourth-order valence-corrected chi connectivity index (χ4v) is 3.24. The van der Waals surface area contributed by atoms with Crippen LogP contribution in [0.15, 0.2) is 73.2 Å². The van der Waals surface area contributed by atoms with Crippen LogP contribution in [0.25, 0.3) is 5.82 Å². The Kier molecular flexibility index (Phi) is 5.87. The van der Waals surface area contributed by atoms with Gasteiger partial charge in [0.25, 0.3) is 5.91 Å². The minimum Gasteiger partial charge on any atom is -0.338 e. The molecule has 0 saturated heterocycles. The third-order valence-corrected chi connectivity index (χ3v) is 4.65. The van der Waals surface area contributed by atoms with E-state index in [2.05, 4.69) is 25.4 Å². The van der Waals surface area contributed by atoms with Crippen molar-refractivity contribution in [2.45, 2.75) is 12.2 Å². The van der Waals surface area contributed by atoms with Gasteiger partial charge in [0.2, 0.25) is 0 Å². The quantitative estimate of drug-likeness (QED) is 0.452. The molecule has 0 saturated carbocycles. The van der Waals surface area contributed by atoms with Crippen molar-refractivity contribution in [1.82, 2.24) is 30.0 Å². The number of alkyl halides is 3. The fourth-order valence-electron chi connectivity index (χ4n) is 3.08. The molecule has 0 aromatic carbocycles. The van der Waals surface area contributed by atoms with Crippen LogP contribution in [-0.4, -0.2) is 30.6 Å². The van der Waals surface area contributed by atoms with E-state index in [-0.39, 0.29) is 11.0 Å². The second-order valence-electron chi connectivity index (χ2n) is 6.55. The Balaban J connectivity index is 1.75. The average Bonchev–Trinajstić information content (AvgIpc) is 3.25. The highest BCUT2D eigenvalue weighted by Gasteiger charge is 2.41. The summed E-state index contributed by atoms with van der Waals surface area (Å²) < 4.78 is 42.4. The Morgan fingerprint density at radius 3 is 2.16 bits per heavy atom. The molecule has 4 aromatic heterocycles. The molecule has 4 heterocycles. The molecule has 4 rings (SSSR count). The number of halogens is 4. The third kappa shape index (κ3) is 4.45. The molecule has 0 radical (unpaired) electrons. The number of pyridine rings is 3. The Morgan fingerprint density at radius 2 is 1.62 bits per heavy atom. The highest BCUT2D eigenvalue weighted by molar-refractivity contribution is 6.29. The summed E-state index contributed by atoms with van der Waals surface area (Å²) in [5, 5.41) is 6.33. The van der Waals surface area contributed by atoms with Crippen LogP contribution in [0.5, 0.6) is 0 Å². The molecule has 162 valence electrons. The number of nitrogens with zero attached hydrogens (tertiary/aromatic N) is 5. The van der Waals surface area contributed by atoms with Crippen molar-refractivity contribution < 1.29 is 18.0 Å². The first-order valence-electron chi connectivity index (χ1n) is 9.25. The maximum atomic E-state index is 13.9. The van der Waals surface area contributed by atoms with Crippen LogP contribution in [-0.2, 0) is 6.18 Å². The first kappa shape index (κ1) is 21.4. The van der Waals surface area contributed by atoms with Crippen molar-refractivity contribution in [3.63, 3.8) is 0 Å². The second-order valence-corrected chi connectivity index (χ2v) is 6.94. The zero-order chi connectivity index (χ0) is 22.7. The standard InChI is InChI=1S/C21H14ClF3N6O/c22-16-8-5-9-17(29-16)31-19(21(23,24)25)13(12-28-31)20(32)30-18(14-6-1-3-10-26-14)15-7-2-4-11-27-15/h1-12,18H,(H,30,32). The van der Waals surface area contributed by atoms with Crippen molar-refractivity contribution in [3.05, 3.63) is 101 Å². The first-order valence-corrected chi connectivity index (χ1v) is 9.63. The normalized spacial score (nSPS) is 11.5. The molecule has 1 N–H and O–H groups in total. The summed E-state index contributed by atoms with van der Waals surface area (Å²) in [5.74, 6) is -1.17.